The maximum absolute atomic E-state index is 13.3. The van der Waals surface area contributed by atoms with Gasteiger partial charge in [-0.2, -0.15) is 0 Å². The number of ether oxygens (including phenoxy) is 1. The van der Waals surface area contributed by atoms with Crippen LogP contribution in [0.2, 0.25) is 10.0 Å². The third kappa shape index (κ3) is 4.46. The molecule has 0 radical (unpaired) electrons. The molecule has 1 N–H and O–H groups in total. The number of thiazole rings is 1. The number of aliphatic hydroxyl groups excluding tert-OH is 1. The molecule has 0 bridgehead atoms. The van der Waals surface area contributed by atoms with Gasteiger partial charge in [-0.05, 0) is 66.6 Å². The van der Waals surface area contributed by atoms with E-state index < -0.39 is 17.7 Å². The van der Waals surface area contributed by atoms with Crippen molar-refractivity contribution in [3.05, 3.63) is 93.5 Å². The van der Waals surface area contributed by atoms with Gasteiger partial charge >= 0.3 is 5.91 Å². The first-order valence-electron chi connectivity index (χ1n) is 11.2. The highest BCUT2D eigenvalue weighted by molar-refractivity contribution is 7.22. The highest BCUT2D eigenvalue weighted by Crippen LogP contribution is 2.44. The van der Waals surface area contributed by atoms with Crippen molar-refractivity contribution in [1.82, 2.24) is 4.98 Å². The predicted molar refractivity (Wildman–Crippen MR) is 143 cm³/mol. The largest absolute Gasteiger partial charge is 0.507 e. The number of halogens is 2. The fourth-order valence-electron chi connectivity index (χ4n) is 4.06. The molecule has 1 unspecified atom stereocenters. The van der Waals surface area contributed by atoms with E-state index in [4.69, 9.17) is 27.9 Å². The van der Waals surface area contributed by atoms with Crippen LogP contribution in [-0.2, 0) is 9.59 Å². The van der Waals surface area contributed by atoms with Crippen LogP contribution in [0.3, 0.4) is 0 Å². The average molecular weight is 539 g/mol. The van der Waals surface area contributed by atoms with E-state index in [1.165, 1.54) is 16.2 Å². The number of benzene rings is 3. The van der Waals surface area contributed by atoms with Gasteiger partial charge in [0.1, 0.15) is 11.5 Å². The van der Waals surface area contributed by atoms with E-state index in [2.05, 4.69) is 4.98 Å². The molecule has 1 fully saturated rings. The molecule has 1 aromatic heterocycles. The summed E-state index contributed by atoms with van der Waals surface area (Å²) in [7, 11) is 0. The predicted octanol–water partition coefficient (Wildman–Crippen LogP) is 7.02. The zero-order valence-corrected chi connectivity index (χ0v) is 21.4. The van der Waals surface area contributed by atoms with Gasteiger partial charge in [-0.1, -0.05) is 53.6 Å². The summed E-state index contributed by atoms with van der Waals surface area (Å²) in [6.07, 6.45) is 0.865. The Hall–Kier alpha value is -3.39. The molecule has 1 aliphatic rings. The molecule has 1 saturated heterocycles. The van der Waals surface area contributed by atoms with Gasteiger partial charge in [-0.15, -0.1) is 0 Å². The van der Waals surface area contributed by atoms with Gasteiger partial charge in [-0.3, -0.25) is 14.5 Å². The minimum atomic E-state index is -0.894. The highest BCUT2D eigenvalue weighted by Gasteiger charge is 2.48. The van der Waals surface area contributed by atoms with Crippen molar-refractivity contribution in [2.24, 2.45) is 0 Å². The molecule has 3 aromatic carbocycles. The number of Topliss-reactive ketones (excluding diaryl/α,β-unsaturated/α-hetero) is 1. The number of aromatic nitrogens is 1. The smallest absolute Gasteiger partial charge is 0.301 e. The Kier molecular flexibility index (Phi) is 6.71. The van der Waals surface area contributed by atoms with Crippen LogP contribution in [-0.4, -0.2) is 28.4 Å². The number of hydrogen-bond donors (Lipinski definition) is 1. The summed E-state index contributed by atoms with van der Waals surface area (Å²) in [5.74, 6) is -1.20. The molecule has 0 aliphatic carbocycles. The zero-order chi connectivity index (χ0) is 25.4. The fraction of sp³-hybridized carbons (Fsp3) is 0.148. The molecule has 1 atom stereocenters. The summed E-state index contributed by atoms with van der Waals surface area (Å²) in [6.45, 7) is 2.58. The number of carbonyl (C=O) groups excluding carboxylic acids is 2. The molecular weight excluding hydrogens is 519 g/mol. The van der Waals surface area contributed by atoms with E-state index in [0.717, 1.165) is 11.1 Å². The molecule has 6 nitrogen and oxygen atoms in total. The zero-order valence-electron chi connectivity index (χ0n) is 19.1. The number of hydrogen-bond acceptors (Lipinski definition) is 6. The van der Waals surface area contributed by atoms with Crippen molar-refractivity contribution in [3.8, 4) is 5.75 Å². The van der Waals surface area contributed by atoms with Crippen LogP contribution in [0.5, 0.6) is 5.75 Å². The Morgan fingerprint density at radius 1 is 1.03 bits per heavy atom. The van der Waals surface area contributed by atoms with Crippen molar-refractivity contribution in [2.45, 2.75) is 19.4 Å². The van der Waals surface area contributed by atoms with Crippen LogP contribution in [0, 0.1) is 0 Å². The van der Waals surface area contributed by atoms with Crippen LogP contribution in [0.25, 0.3) is 16.0 Å². The topological polar surface area (TPSA) is 79.7 Å². The Morgan fingerprint density at radius 3 is 2.42 bits per heavy atom. The lowest BCUT2D eigenvalue weighted by atomic mass is 9.95. The van der Waals surface area contributed by atoms with Crippen molar-refractivity contribution in [3.63, 3.8) is 0 Å². The molecule has 0 spiro atoms. The number of carbonyl (C=O) groups is 2. The maximum atomic E-state index is 13.3. The molecule has 4 aromatic rings. The number of anilines is 1. The first-order chi connectivity index (χ1) is 17.4. The first-order valence-corrected chi connectivity index (χ1v) is 12.8. The second-order valence-electron chi connectivity index (χ2n) is 8.20. The van der Waals surface area contributed by atoms with Gasteiger partial charge < -0.3 is 9.84 Å². The number of fused-ring (bicyclic) bond motifs is 1. The van der Waals surface area contributed by atoms with E-state index in [-0.39, 0.29) is 11.3 Å². The quantitative estimate of drug-likeness (QED) is 0.162. The van der Waals surface area contributed by atoms with E-state index in [1.807, 2.05) is 6.92 Å². The van der Waals surface area contributed by atoms with Gasteiger partial charge in [-0.25, -0.2) is 4.98 Å². The second kappa shape index (κ2) is 9.93. The van der Waals surface area contributed by atoms with Gasteiger partial charge in [0, 0.05) is 15.6 Å². The van der Waals surface area contributed by atoms with Gasteiger partial charge in [0.05, 0.1) is 28.4 Å². The van der Waals surface area contributed by atoms with Crippen LogP contribution < -0.4 is 9.64 Å². The lowest BCUT2D eigenvalue weighted by molar-refractivity contribution is -0.132. The van der Waals surface area contributed by atoms with Crippen molar-refractivity contribution in [2.75, 3.05) is 11.5 Å². The third-order valence-corrected chi connectivity index (χ3v) is 7.28. The number of nitrogens with zero attached hydrogens (tertiary/aromatic N) is 2. The van der Waals surface area contributed by atoms with E-state index >= 15 is 0 Å². The summed E-state index contributed by atoms with van der Waals surface area (Å²) in [5.41, 5.74) is 1.63. The summed E-state index contributed by atoms with van der Waals surface area (Å²) in [5, 5.41) is 12.7. The molecule has 182 valence electrons. The van der Waals surface area contributed by atoms with Gasteiger partial charge in [0.2, 0.25) is 0 Å². The van der Waals surface area contributed by atoms with Gasteiger partial charge in [0.15, 0.2) is 5.13 Å². The molecule has 36 heavy (non-hydrogen) atoms. The van der Waals surface area contributed by atoms with Crippen LogP contribution >= 0.6 is 34.5 Å². The Bertz CT molecular complexity index is 1500. The standard InChI is InChI=1S/C27H20Cl2N2O4S/c1-2-13-35-19-10-5-16(6-11-19)24(32)22-23(15-3-7-17(28)8-4-15)31(26(34)25(22)33)27-30-20-12-9-18(29)14-21(20)36-27/h3-12,14,23,32H,2,13H2,1H3/b24-22+. The summed E-state index contributed by atoms with van der Waals surface area (Å²) in [6, 6.07) is 17.9. The average Bonchev–Trinajstić information content (AvgIpc) is 3.40. The Balaban J connectivity index is 1.65. The fourth-order valence-corrected chi connectivity index (χ4v) is 5.46. The summed E-state index contributed by atoms with van der Waals surface area (Å²) >= 11 is 13.5. The maximum Gasteiger partial charge on any atom is 0.301 e. The van der Waals surface area contributed by atoms with E-state index in [9.17, 15) is 14.7 Å². The molecule has 1 amide bonds. The van der Waals surface area contributed by atoms with Crippen LogP contribution in [0.15, 0.2) is 72.3 Å². The Labute approximate surface area is 221 Å². The lowest BCUT2D eigenvalue weighted by Crippen LogP contribution is -2.29. The minimum absolute atomic E-state index is 0.0261. The normalized spacial score (nSPS) is 17.2. The first kappa shape index (κ1) is 24.3. The van der Waals surface area contributed by atoms with Crippen molar-refractivity contribution in [1.29, 1.82) is 0 Å². The lowest BCUT2D eigenvalue weighted by Gasteiger charge is -2.23. The SMILES string of the molecule is CCCOc1ccc(/C(O)=C2\C(=O)C(=O)N(c3nc4ccc(Cl)cc4s3)C2c2ccc(Cl)cc2)cc1. The minimum Gasteiger partial charge on any atom is -0.507 e. The monoisotopic (exact) mass is 538 g/mol. The van der Waals surface area contributed by atoms with Gasteiger partial charge in [0.25, 0.3) is 5.78 Å². The molecule has 9 heteroatoms. The van der Waals surface area contributed by atoms with Crippen molar-refractivity contribution < 1.29 is 19.4 Å². The number of rotatable bonds is 6. The molecule has 0 saturated carbocycles. The third-order valence-electron chi connectivity index (χ3n) is 5.78. The Morgan fingerprint density at radius 2 is 1.72 bits per heavy atom. The van der Waals surface area contributed by atoms with Crippen molar-refractivity contribution >= 4 is 67.3 Å². The molecule has 1 aliphatic heterocycles. The van der Waals surface area contributed by atoms with E-state index in [1.54, 1.807) is 66.7 Å². The summed E-state index contributed by atoms with van der Waals surface area (Å²) in [4.78, 5) is 32.6. The highest BCUT2D eigenvalue weighted by atomic mass is 35.5. The number of aliphatic hydroxyl groups is 1. The van der Waals surface area contributed by atoms with Crippen LogP contribution in [0.4, 0.5) is 5.13 Å². The van der Waals surface area contributed by atoms with E-state index in [0.29, 0.717) is 44.2 Å². The molecule has 5 rings (SSSR count). The van der Waals surface area contributed by atoms with Crippen LogP contribution in [0.1, 0.15) is 30.5 Å². The molecular formula is C27H20Cl2N2O4S. The number of ketones is 1. The molecule has 2 heterocycles. The second-order valence-corrected chi connectivity index (χ2v) is 10.1. The summed E-state index contributed by atoms with van der Waals surface area (Å²) < 4.78 is 6.39. The number of amides is 1.